The molecule has 1 aliphatic heterocycles. The van der Waals surface area contributed by atoms with Gasteiger partial charge in [-0.25, -0.2) is 0 Å². The van der Waals surface area contributed by atoms with Crippen molar-refractivity contribution in [3.63, 3.8) is 0 Å². The van der Waals surface area contributed by atoms with Crippen molar-refractivity contribution >= 4 is 13.3 Å². The van der Waals surface area contributed by atoms with E-state index in [2.05, 4.69) is 17.3 Å². The Morgan fingerprint density at radius 2 is 1.63 bits per heavy atom. The minimum atomic E-state index is -1.53. The van der Waals surface area contributed by atoms with Gasteiger partial charge < -0.3 is 0 Å². The van der Waals surface area contributed by atoms with Crippen LogP contribution in [0.3, 0.4) is 0 Å². The summed E-state index contributed by atoms with van der Waals surface area (Å²) in [6.07, 6.45) is -5.48. The summed E-state index contributed by atoms with van der Waals surface area (Å²) < 4.78 is 10.4. The summed E-state index contributed by atoms with van der Waals surface area (Å²) >= 11 is -1.53. The summed E-state index contributed by atoms with van der Waals surface area (Å²) in [6, 6.07) is 0. The topological polar surface area (TPSA) is 99.4 Å². The average Bonchev–Trinajstić information content (AvgIpc) is 2.31. The summed E-state index contributed by atoms with van der Waals surface area (Å²) in [5.74, 6) is 7.01. The summed E-state index contributed by atoms with van der Waals surface area (Å²) in [4.78, 5) is 0. The van der Waals surface area contributed by atoms with E-state index < -0.39 is 44.0 Å². The Labute approximate surface area is 116 Å². The third kappa shape index (κ3) is 5.67. The maximum absolute atomic E-state index is 9.69. The molecule has 0 aromatic rings. The van der Waals surface area contributed by atoms with Crippen molar-refractivity contribution in [3.05, 3.63) is 0 Å². The summed E-state index contributed by atoms with van der Waals surface area (Å²) in [7, 11) is 0. The van der Waals surface area contributed by atoms with Gasteiger partial charge in [-0.05, 0) is 0 Å². The Morgan fingerprint density at radius 1 is 1.00 bits per heavy atom. The fourth-order valence-electron chi connectivity index (χ4n) is 1.97. The molecule has 7 heteroatoms. The van der Waals surface area contributed by atoms with Crippen molar-refractivity contribution in [2.75, 3.05) is 13.2 Å². The molecule has 0 bridgehead atoms. The van der Waals surface area contributed by atoms with Crippen molar-refractivity contribution in [3.8, 4) is 0 Å². The molecule has 1 fully saturated rings. The number of rotatable bonds is 6. The Bertz CT molecular complexity index is 269. The Morgan fingerprint density at radius 3 is 2.21 bits per heavy atom. The zero-order valence-corrected chi connectivity index (χ0v) is 13.9. The molecule has 1 aliphatic rings. The van der Waals surface area contributed by atoms with Crippen molar-refractivity contribution in [2.45, 2.75) is 59.6 Å². The van der Waals surface area contributed by atoms with Gasteiger partial charge in [0.2, 0.25) is 0 Å². The second-order valence-corrected chi connectivity index (χ2v) is 18.1. The first-order valence-corrected chi connectivity index (χ1v) is 14.5. The van der Waals surface area contributed by atoms with Crippen LogP contribution in [-0.4, -0.2) is 77.6 Å². The first kappa shape index (κ1) is 17.4. The molecule has 0 radical (unpaired) electrons. The molecule has 19 heavy (non-hydrogen) atoms. The molecule has 1 saturated heterocycles. The van der Waals surface area contributed by atoms with Gasteiger partial charge in [-0.1, -0.05) is 0 Å². The molecule has 0 aromatic heterocycles. The second kappa shape index (κ2) is 7.35. The summed E-state index contributed by atoms with van der Waals surface area (Å²) in [6.45, 7) is 0.670. The van der Waals surface area contributed by atoms with Gasteiger partial charge in [-0.2, -0.15) is 0 Å². The van der Waals surface area contributed by atoms with E-state index in [1.807, 2.05) is 0 Å². The van der Waals surface area contributed by atoms with Crippen LogP contribution >= 0.6 is 0 Å². The third-order valence-electron chi connectivity index (χ3n) is 3.18. The van der Waals surface area contributed by atoms with Crippen LogP contribution in [0.1, 0.15) is 6.42 Å². The van der Waals surface area contributed by atoms with Crippen LogP contribution < -0.4 is 0 Å². The van der Waals surface area contributed by atoms with Crippen LogP contribution in [0.25, 0.3) is 0 Å². The van der Waals surface area contributed by atoms with Gasteiger partial charge in [0.05, 0.1) is 0 Å². The van der Waals surface area contributed by atoms with E-state index in [0.29, 0.717) is 6.61 Å². The fraction of sp³-hybridized carbons (Fsp3) is 1.00. The zero-order valence-electron chi connectivity index (χ0n) is 11.8. The van der Waals surface area contributed by atoms with E-state index in [4.69, 9.17) is 9.47 Å². The predicted octanol–water partition coefficient (Wildman–Crippen LogP) is -0.469. The van der Waals surface area contributed by atoms with Crippen molar-refractivity contribution in [1.29, 1.82) is 0 Å². The molecule has 0 saturated carbocycles. The Balaban J connectivity index is 2.25. The van der Waals surface area contributed by atoms with Crippen LogP contribution in [0.4, 0.5) is 0 Å². The van der Waals surface area contributed by atoms with E-state index in [9.17, 15) is 20.4 Å². The van der Waals surface area contributed by atoms with Crippen LogP contribution in [0.15, 0.2) is 0 Å². The monoisotopic (exact) mass is 340 g/mol. The molecular formula is C12H26GeO6. The standard InChI is InChI=1S/C12H26GeO6/c1-13(2,3)5-4-6-18-7-8-9(14)10(15)11(16)12(17)19-8/h8-12,14-17H,4-7H2,1-3H3/t8-,9-,10+,11-,12-/m1/s1. The summed E-state index contributed by atoms with van der Waals surface area (Å²) in [5, 5.41) is 39.1. The van der Waals surface area contributed by atoms with Gasteiger partial charge in [0.1, 0.15) is 0 Å². The number of hydrogen-bond acceptors (Lipinski definition) is 6. The molecule has 0 aromatic carbocycles. The van der Waals surface area contributed by atoms with Crippen molar-refractivity contribution in [1.82, 2.24) is 0 Å². The SMILES string of the molecule is [CH3][Ge]([CH3])([CH3])[CH2]CCOC[C@H]1O[C@@H](O)[C@H](O)[C@@H](O)[C@@H]1O. The molecule has 6 nitrogen and oxygen atoms in total. The van der Waals surface area contributed by atoms with Gasteiger partial charge in [0.15, 0.2) is 0 Å². The predicted molar refractivity (Wildman–Crippen MR) is 72.5 cm³/mol. The minimum absolute atomic E-state index is 0.0964. The number of aliphatic hydroxyl groups excluding tert-OH is 4. The van der Waals surface area contributed by atoms with Crippen molar-refractivity contribution in [2.24, 2.45) is 0 Å². The molecule has 1 rings (SSSR count). The first-order chi connectivity index (χ1) is 8.72. The van der Waals surface area contributed by atoms with E-state index in [1.165, 1.54) is 5.25 Å². The number of ether oxygens (including phenoxy) is 2. The number of hydrogen-bond donors (Lipinski definition) is 4. The molecule has 4 N–H and O–H groups in total. The van der Waals surface area contributed by atoms with Crippen LogP contribution in [-0.2, 0) is 9.47 Å². The second-order valence-electron chi connectivity index (χ2n) is 6.28. The Hall–Kier alpha value is 0.303. The molecule has 0 amide bonds. The Kier molecular flexibility index (Phi) is 6.71. The van der Waals surface area contributed by atoms with Crippen molar-refractivity contribution < 1.29 is 29.9 Å². The molecule has 0 unspecified atom stereocenters. The maximum atomic E-state index is 9.69. The molecule has 114 valence electrons. The molecule has 5 atom stereocenters. The first-order valence-electron chi connectivity index (χ1n) is 6.68. The van der Waals surface area contributed by atoms with Crippen LogP contribution in [0, 0.1) is 0 Å². The van der Waals surface area contributed by atoms with E-state index >= 15 is 0 Å². The quantitative estimate of drug-likeness (QED) is 0.386. The molecule has 0 aliphatic carbocycles. The zero-order chi connectivity index (χ0) is 14.6. The molecular weight excluding hydrogens is 313 g/mol. The normalized spacial score (nSPS) is 36.5. The average molecular weight is 339 g/mol. The summed E-state index contributed by atoms with van der Waals surface area (Å²) in [5.41, 5.74) is 0. The number of aliphatic hydroxyl groups is 4. The van der Waals surface area contributed by atoms with Gasteiger partial charge in [-0.3, -0.25) is 0 Å². The van der Waals surface area contributed by atoms with Gasteiger partial charge in [-0.15, -0.1) is 0 Å². The molecule has 1 heterocycles. The fourth-order valence-corrected chi connectivity index (χ4v) is 4.50. The van der Waals surface area contributed by atoms with Gasteiger partial charge in [0.25, 0.3) is 0 Å². The van der Waals surface area contributed by atoms with E-state index in [-0.39, 0.29) is 6.61 Å². The van der Waals surface area contributed by atoms with E-state index in [1.54, 1.807) is 0 Å². The van der Waals surface area contributed by atoms with Crippen LogP contribution in [0.5, 0.6) is 0 Å². The van der Waals surface area contributed by atoms with Gasteiger partial charge >= 0.3 is 116 Å². The van der Waals surface area contributed by atoms with Gasteiger partial charge in [0, 0.05) is 0 Å². The molecule has 0 spiro atoms. The van der Waals surface area contributed by atoms with Crippen LogP contribution in [0.2, 0.25) is 22.5 Å². The van der Waals surface area contributed by atoms with E-state index in [0.717, 1.165) is 6.42 Å². The third-order valence-corrected chi connectivity index (χ3v) is 7.07.